The van der Waals surface area contributed by atoms with Crippen LogP contribution in [-0.4, -0.2) is 23.6 Å². The van der Waals surface area contributed by atoms with Gasteiger partial charge in [0, 0.05) is 31.1 Å². The summed E-state index contributed by atoms with van der Waals surface area (Å²) >= 11 is 0. The van der Waals surface area contributed by atoms with Gasteiger partial charge in [-0.25, -0.2) is 0 Å². The quantitative estimate of drug-likeness (QED) is 0.661. The van der Waals surface area contributed by atoms with Crippen molar-refractivity contribution in [3.63, 3.8) is 0 Å². The molecule has 4 rings (SSSR count). The summed E-state index contributed by atoms with van der Waals surface area (Å²) in [4.78, 5) is 37.3. The average molecular weight is 360 g/mol. The Hall–Kier alpha value is -1.19. The van der Waals surface area contributed by atoms with Crippen molar-refractivity contribution in [3.8, 4) is 0 Å². The van der Waals surface area contributed by atoms with Crippen molar-refractivity contribution in [2.75, 3.05) is 0 Å². The van der Waals surface area contributed by atoms with Crippen molar-refractivity contribution in [1.29, 1.82) is 0 Å². The number of rotatable bonds is 1. The normalized spacial score (nSPS) is 50.6. The lowest BCUT2D eigenvalue weighted by Gasteiger charge is -2.63. The number of esters is 1. The van der Waals surface area contributed by atoms with E-state index in [-0.39, 0.29) is 28.8 Å². The van der Waals surface area contributed by atoms with Gasteiger partial charge in [-0.05, 0) is 61.2 Å². The third-order valence-electron chi connectivity index (χ3n) is 9.06. The van der Waals surface area contributed by atoms with E-state index < -0.39 is 5.41 Å². The lowest BCUT2D eigenvalue weighted by molar-refractivity contribution is -0.186. The molecular formula is C22H32O4. The first-order valence-corrected chi connectivity index (χ1v) is 10.3. The standard InChI is InChI=1S/C22H32O4/c1-13(23)26-14-7-10-22(4)19-15(8-9-20(22,2)11-14)16-5-6-18(25)21(16,3)12-17(19)24/h14-16,19H,5-12H2,1-4H3/t14-,15-,16-,19+,20+,21+,22-/m1/s1. The zero-order valence-electron chi connectivity index (χ0n) is 16.6. The second kappa shape index (κ2) is 5.65. The van der Waals surface area contributed by atoms with Crippen LogP contribution in [0.2, 0.25) is 0 Å². The first-order valence-electron chi connectivity index (χ1n) is 10.3. The fourth-order valence-electron chi connectivity index (χ4n) is 7.49. The molecule has 4 saturated carbocycles. The van der Waals surface area contributed by atoms with Gasteiger partial charge in [0.05, 0.1) is 0 Å². The van der Waals surface area contributed by atoms with Crippen LogP contribution in [0, 0.1) is 34.0 Å². The highest BCUT2D eigenvalue weighted by Gasteiger charge is 2.66. The first kappa shape index (κ1) is 18.2. The minimum atomic E-state index is -0.405. The Kier molecular flexibility index (Phi) is 3.95. The van der Waals surface area contributed by atoms with Crippen LogP contribution in [-0.2, 0) is 19.1 Å². The number of hydrogen-bond donors (Lipinski definition) is 0. The van der Waals surface area contributed by atoms with E-state index in [2.05, 4.69) is 20.8 Å². The van der Waals surface area contributed by atoms with Gasteiger partial charge in [-0.2, -0.15) is 0 Å². The molecule has 0 aliphatic heterocycles. The highest BCUT2D eigenvalue weighted by molar-refractivity contribution is 5.95. The van der Waals surface area contributed by atoms with Crippen molar-refractivity contribution in [1.82, 2.24) is 0 Å². The second-order valence-electron chi connectivity index (χ2n) is 10.3. The average Bonchev–Trinajstić information content (AvgIpc) is 2.82. The predicted molar refractivity (Wildman–Crippen MR) is 97.3 cm³/mol. The molecule has 4 aliphatic rings. The summed E-state index contributed by atoms with van der Waals surface area (Å²) < 4.78 is 5.54. The Morgan fingerprint density at radius 3 is 2.50 bits per heavy atom. The van der Waals surface area contributed by atoms with E-state index >= 15 is 0 Å². The molecule has 144 valence electrons. The topological polar surface area (TPSA) is 60.4 Å². The molecule has 0 spiro atoms. The molecule has 4 heteroatoms. The monoisotopic (exact) mass is 360 g/mol. The number of ether oxygens (including phenoxy) is 1. The highest BCUT2D eigenvalue weighted by atomic mass is 16.5. The van der Waals surface area contributed by atoms with E-state index in [1.807, 2.05) is 0 Å². The van der Waals surface area contributed by atoms with Crippen LogP contribution in [0.4, 0.5) is 0 Å². The number of carbonyl (C=O) groups excluding carboxylic acids is 3. The van der Waals surface area contributed by atoms with Gasteiger partial charge in [0.1, 0.15) is 17.7 Å². The van der Waals surface area contributed by atoms with Crippen LogP contribution in [0.1, 0.15) is 79.1 Å². The molecule has 0 radical (unpaired) electrons. The van der Waals surface area contributed by atoms with E-state index in [1.54, 1.807) is 0 Å². The number of Topliss-reactive ketones (excluding diaryl/α,β-unsaturated/α-hetero) is 2. The van der Waals surface area contributed by atoms with Gasteiger partial charge in [-0.1, -0.05) is 20.8 Å². The molecule has 0 aromatic rings. The predicted octanol–water partition coefficient (Wildman–Crippen LogP) is 4.10. The van der Waals surface area contributed by atoms with Crippen LogP contribution in [0.15, 0.2) is 0 Å². The Balaban J connectivity index is 1.66. The maximum Gasteiger partial charge on any atom is 0.302 e. The summed E-state index contributed by atoms with van der Waals surface area (Å²) in [6.45, 7) is 8.15. The van der Waals surface area contributed by atoms with Gasteiger partial charge in [0.25, 0.3) is 0 Å². The molecule has 0 N–H and O–H groups in total. The van der Waals surface area contributed by atoms with Gasteiger partial charge >= 0.3 is 5.97 Å². The molecule has 4 aliphatic carbocycles. The molecule has 0 amide bonds. The van der Waals surface area contributed by atoms with Crippen LogP contribution >= 0.6 is 0 Å². The first-order chi connectivity index (χ1) is 12.1. The largest absolute Gasteiger partial charge is 0.463 e. The van der Waals surface area contributed by atoms with Gasteiger partial charge in [-0.3, -0.25) is 14.4 Å². The smallest absolute Gasteiger partial charge is 0.302 e. The summed E-state index contributed by atoms with van der Waals surface area (Å²) in [6.07, 6.45) is 6.79. The van der Waals surface area contributed by atoms with Crippen molar-refractivity contribution >= 4 is 17.5 Å². The van der Waals surface area contributed by atoms with Crippen molar-refractivity contribution in [2.24, 2.45) is 34.0 Å². The van der Waals surface area contributed by atoms with Crippen molar-refractivity contribution in [3.05, 3.63) is 0 Å². The maximum atomic E-state index is 13.3. The Morgan fingerprint density at radius 2 is 1.81 bits per heavy atom. The zero-order chi connectivity index (χ0) is 18.9. The van der Waals surface area contributed by atoms with Crippen LogP contribution < -0.4 is 0 Å². The molecule has 0 saturated heterocycles. The van der Waals surface area contributed by atoms with Crippen LogP contribution in [0.25, 0.3) is 0 Å². The molecule has 4 nitrogen and oxygen atoms in total. The van der Waals surface area contributed by atoms with Gasteiger partial charge < -0.3 is 4.74 Å². The summed E-state index contributed by atoms with van der Waals surface area (Å²) in [5.74, 6) is 1.24. The Labute approximate surface area is 156 Å². The molecule has 0 aromatic carbocycles. The molecule has 26 heavy (non-hydrogen) atoms. The molecular weight excluding hydrogens is 328 g/mol. The van der Waals surface area contributed by atoms with Gasteiger partial charge in [-0.15, -0.1) is 0 Å². The fourth-order valence-corrected chi connectivity index (χ4v) is 7.49. The molecule has 7 atom stereocenters. The van der Waals surface area contributed by atoms with Gasteiger partial charge in [0.15, 0.2) is 0 Å². The molecule has 0 aromatic heterocycles. The minimum Gasteiger partial charge on any atom is -0.463 e. The lowest BCUT2D eigenvalue weighted by Crippen LogP contribution is -2.61. The van der Waals surface area contributed by atoms with E-state index in [1.165, 1.54) is 6.92 Å². The summed E-state index contributed by atoms with van der Waals surface area (Å²) in [6, 6.07) is 0. The fraction of sp³-hybridized carbons (Fsp3) is 0.864. The number of ketones is 2. The third-order valence-corrected chi connectivity index (χ3v) is 9.06. The van der Waals surface area contributed by atoms with E-state index in [4.69, 9.17) is 4.74 Å². The van der Waals surface area contributed by atoms with E-state index in [0.717, 1.165) is 38.5 Å². The second-order valence-corrected chi connectivity index (χ2v) is 10.3. The Morgan fingerprint density at radius 1 is 1.08 bits per heavy atom. The number of fused-ring (bicyclic) bond motifs is 5. The summed E-state index contributed by atoms with van der Waals surface area (Å²) in [5, 5.41) is 0. The van der Waals surface area contributed by atoms with Crippen molar-refractivity contribution in [2.45, 2.75) is 85.2 Å². The van der Waals surface area contributed by atoms with E-state index in [9.17, 15) is 14.4 Å². The van der Waals surface area contributed by atoms with Crippen LogP contribution in [0.3, 0.4) is 0 Å². The molecule has 0 heterocycles. The highest BCUT2D eigenvalue weighted by Crippen LogP contribution is 2.68. The minimum absolute atomic E-state index is 0.0147. The van der Waals surface area contributed by atoms with Crippen molar-refractivity contribution < 1.29 is 19.1 Å². The number of carbonyl (C=O) groups is 3. The van der Waals surface area contributed by atoms with Crippen LogP contribution in [0.5, 0.6) is 0 Å². The maximum absolute atomic E-state index is 13.3. The molecule has 0 bridgehead atoms. The van der Waals surface area contributed by atoms with Gasteiger partial charge in [0.2, 0.25) is 0 Å². The summed E-state index contributed by atoms with van der Waals surface area (Å²) in [5.41, 5.74) is -0.424. The lowest BCUT2D eigenvalue weighted by atomic mass is 9.40. The number of hydrogen-bond acceptors (Lipinski definition) is 4. The third kappa shape index (κ3) is 2.29. The molecule has 0 unspecified atom stereocenters. The molecule has 4 fully saturated rings. The Bertz CT molecular complexity index is 669. The summed E-state index contributed by atoms with van der Waals surface area (Å²) in [7, 11) is 0. The zero-order valence-corrected chi connectivity index (χ0v) is 16.6. The SMILES string of the molecule is CC(=O)O[C@@H]1CC[C@]2(C)[C@@H]3C(=O)C[C@]4(C)C(=O)CC[C@@H]4[C@H]3CC[C@@]2(C)C1. The van der Waals surface area contributed by atoms with E-state index in [0.29, 0.717) is 36.2 Å².